The third kappa shape index (κ3) is 3.01. The fourth-order valence-electron chi connectivity index (χ4n) is 2.33. The number of benzene rings is 1. The lowest BCUT2D eigenvalue weighted by atomic mass is 10.1. The molecule has 0 bridgehead atoms. The summed E-state index contributed by atoms with van der Waals surface area (Å²) in [5, 5.41) is 0.484. The van der Waals surface area contributed by atoms with Gasteiger partial charge in [-0.25, -0.2) is 8.42 Å². The Morgan fingerprint density at radius 2 is 2.21 bits per heavy atom. The van der Waals surface area contributed by atoms with E-state index in [2.05, 4.69) is 0 Å². The molecule has 4 nitrogen and oxygen atoms in total. The lowest BCUT2D eigenvalue weighted by Crippen LogP contribution is -2.34. The van der Waals surface area contributed by atoms with Gasteiger partial charge in [-0.15, -0.1) is 0 Å². The molecule has 1 heterocycles. The molecule has 104 valence electrons. The first-order chi connectivity index (χ1) is 8.82. The molecule has 2 rings (SSSR count). The van der Waals surface area contributed by atoms with Crippen LogP contribution in [0.15, 0.2) is 18.2 Å². The molecule has 0 amide bonds. The molecule has 1 saturated heterocycles. The van der Waals surface area contributed by atoms with Gasteiger partial charge in [-0.05, 0) is 18.6 Å². The van der Waals surface area contributed by atoms with Crippen LogP contribution >= 0.6 is 23.8 Å². The van der Waals surface area contributed by atoms with Crippen LogP contribution in [0.5, 0.6) is 0 Å². The van der Waals surface area contributed by atoms with Crippen molar-refractivity contribution in [1.82, 2.24) is 0 Å². The van der Waals surface area contributed by atoms with Crippen molar-refractivity contribution in [3.8, 4) is 0 Å². The van der Waals surface area contributed by atoms with Crippen molar-refractivity contribution in [3.63, 3.8) is 0 Å². The first kappa shape index (κ1) is 14.6. The first-order valence-corrected chi connectivity index (χ1v) is 8.44. The Morgan fingerprint density at radius 3 is 2.74 bits per heavy atom. The Morgan fingerprint density at radius 1 is 1.53 bits per heavy atom. The lowest BCUT2D eigenvalue weighted by molar-refractivity contribution is 0.601. The highest BCUT2D eigenvalue weighted by atomic mass is 35.5. The second-order valence-electron chi connectivity index (χ2n) is 4.67. The van der Waals surface area contributed by atoms with E-state index in [9.17, 15) is 8.42 Å². The van der Waals surface area contributed by atoms with Gasteiger partial charge in [-0.3, -0.25) is 0 Å². The maximum absolute atomic E-state index is 11.6. The van der Waals surface area contributed by atoms with Crippen LogP contribution in [0.2, 0.25) is 5.02 Å². The van der Waals surface area contributed by atoms with Crippen molar-refractivity contribution in [2.75, 3.05) is 23.5 Å². The topological polar surface area (TPSA) is 63.4 Å². The molecule has 0 saturated carbocycles. The molecule has 0 radical (unpaired) electrons. The van der Waals surface area contributed by atoms with E-state index in [-0.39, 0.29) is 22.5 Å². The molecule has 1 aromatic rings. The highest BCUT2D eigenvalue weighted by molar-refractivity contribution is 7.91. The fraction of sp³-hybridized carbons (Fsp3) is 0.417. The summed E-state index contributed by atoms with van der Waals surface area (Å²) in [6, 6.07) is 5.32. The van der Waals surface area contributed by atoms with Crippen molar-refractivity contribution < 1.29 is 8.42 Å². The average Bonchev–Trinajstić information content (AvgIpc) is 2.68. The maximum atomic E-state index is 11.6. The lowest BCUT2D eigenvalue weighted by Gasteiger charge is -2.28. The highest BCUT2D eigenvalue weighted by Crippen LogP contribution is 2.30. The molecule has 1 aliphatic rings. The molecule has 0 aliphatic carbocycles. The summed E-state index contributed by atoms with van der Waals surface area (Å²) in [6.45, 7) is 0. The minimum absolute atomic E-state index is 0.0587. The number of nitrogens with zero attached hydrogens (tertiary/aromatic N) is 1. The molecule has 19 heavy (non-hydrogen) atoms. The SMILES string of the molecule is CN(c1cccc(Cl)c1C(N)=S)C1CCS(=O)(=O)C1. The second kappa shape index (κ2) is 5.26. The van der Waals surface area contributed by atoms with Crippen molar-refractivity contribution >= 4 is 44.3 Å². The number of rotatable bonds is 3. The van der Waals surface area contributed by atoms with Gasteiger partial charge < -0.3 is 10.6 Å². The van der Waals surface area contributed by atoms with Crippen molar-refractivity contribution in [1.29, 1.82) is 0 Å². The Bertz CT molecular complexity index is 616. The zero-order valence-corrected chi connectivity index (χ0v) is 12.9. The van der Waals surface area contributed by atoms with Crippen LogP contribution < -0.4 is 10.6 Å². The van der Waals surface area contributed by atoms with Gasteiger partial charge in [0.25, 0.3) is 0 Å². The normalized spacial score (nSPS) is 21.3. The zero-order valence-electron chi connectivity index (χ0n) is 10.5. The average molecular weight is 319 g/mol. The standard InChI is InChI=1S/C12H15ClN2O2S2/c1-15(8-5-6-19(16,17)7-8)10-4-2-3-9(13)11(10)12(14)18/h2-4,8H,5-7H2,1H3,(H2,14,18). The Kier molecular flexibility index (Phi) is 4.03. The third-order valence-electron chi connectivity index (χ3n) is 3.37. The van der Waals surface area contributed by atoms with Crippen molar-refractivity contribution in [2.45, 2.75) is 12.5 Å². The van der Waals surface area contributed by atoms with Gasteiger partial charge in [0.2, 0.25) is 0 Å². The summed E-state index contributed by atoms with van der Waals surface area (Å²) < 4.78 is 23.1. The van der Waals surface area contributed by atoms with E-state index in [0.717, 1.165) is 5.69 Å². The van der Waals surface area contributed by atoms with E-state index < -0.39 is 9.84 Å². The van der Waals surface area contributed by atoms with Crippen LogP contribution in [0.1, 0.15) is 12.0 Å². The zero-order chi connectivity index (χ0) is 14.2. The fourth-order valence-corrected chi connectivity index (χ4v) is 4.64. The number of nitrogens with two attached hydrogens (primary N) is 1. The Labute approximate surface area is 123 Å². The van der Waals surface area contributed by atoms with E-state index in [1.165, 1.54) is 0 Å². The van der Waals surface area contributed by atoms with Gasteiger partial charge in [-0.1, -0.05) is 29.9 Å². The number of halogens is 1. The summed E-state index contributed by atoms with van der Waals surface area (Å²) in [5.74, 6) is 0.387. The van der Waals surface area contributed by atoms with E-state index in [1.807, 2.05) is 18.0 Å². The van der Waals surface area contributed by atoms with Gasteiger partial charge in [0.1, 0.15) is 4.99 Å². The molecule has 1 aliphatic heterocycles. The maximum Gasteiger partial charge on any atom is 0.152 e. The monoisotopic (exact) mass is 318 g/mol. The largest absolute Gasteiger partial charge is 0.389 e. The molecule has 2 N–H and O–H groups in total. The minimum Gasteiger partial charge on any atom is -0.389 e. The van der Waals surface area contributed by atoms with E-state index >= 15 is 0 Å². The predicted molar refractivity (Wildman–Crippen MR) is 82.8 cm³/mol. The number of hydrogen-bond acceptors (Lipinski definition) is 4. The summed E-state index contributed by atoms with van der Waals surface area (Å²) in [5.41, 5.74) is 7.09. The van der Waals surface area contributed by atoms with Gasteiger partial charge in [-0.2, -0.15) is 0 Å². The summed E-state index contributed by atoms with van der Waals surface area (Å²) in [4.78, 5) is 2.12. The quantitative estimate of drug-likeness (QED) is 0.858. The number of sulfone groups is 1. The minimum atomic E-state index is -2.93. The van der Waals surface area contributed by atoms with Crippen molar-refractivity contribution in [3.05, 3.63) is 28.8 Å². The molecule has 1 aromatic carbocycles. The molecule has 1 unspecified atom stereocenters. The summed E-state index contributed by atoms with van der Waals surface area (Å²) in [7, 11) is -1.08. The van der Waals surface area contributed by atoms with E-state index in [4.69, 9.17) is 29.6 Å². The smallest absolute Gasteiger partial charge is 0.152 e. The second-order valence-corrected chi connectivity index (χ2v) is 7.74. The van der Waals surface area contributed by atoms with Crippen LogP contribution in [0.4, 0.5) is 5.69 Å². The van der Waals surface area contributed by atoms with Crippen molar-refractivity contribution in [2.24, 2.45) is 5.73 Å². The third-order valence-corrected chi connectivity index (χ3v) is 5.64. The van der Waals surface area contributed by atoms with Crippen LogP contribution in [0, 0.1) is 0 Å². The van der Waals surface area contributed by atoms with Crippen LogP contribution in [0.3, 0.4) is 0 Å². The van der Waals surface area contributed by atoms with Gasteiger partial charge in [0, 0.05) is 18.8 Å². The number of thiocarbonyl (C=S) groups is 1. The molecule has 1 atom stereocenters. The Hall–Kier alpha value is -0.850. The summed E-state index contributed by atoms with van der Waals surface area (Å²) in [6.07, 6.45) is 0.613. The molecular weight excluding hydrogens is 304 g/mol. The molecular formula is C12H15ClN2O2S2. The molecule has 0 spiro atoms. The van der Waals surface area contributed by atoms with Crippen LogP contribution in [-0.4, -0.2) is 38.0 Å². The molecule has 0 aromatic heterocycles. The number of anilines is 1. The highest BCUT2D eigenvalue weighted by Gasteiger charge is 2.31. The predicted octanol–water partition coefficient (Wildman–Crippen LogP) is 1.60. The van der Waals surface area contributed by atoms with Gasteiger partial charge in [0.15, 0.2) is 9.84 Å². The van der Waals surface area contributed by atoms with Gasteiger partial charge in [0.05, 0.1) is 22.1 Å². The first-order valence-electron chi connectivity index (χ1n) is 5.83. The summed E-state index contributed by atoms with van der Waals surface area (Å²) >= 11 is 11.1. The van der Waals surface area contributed by atoms with Gasteiger partial charge >= 0.3 is 0 Å². The Balaban J connectivity index is 2.37. The van der Waals surface area contributed by atoms with Crippen LogP contribution in [-0.2, 0) is 9.84 Å². The van der Waals surface area contributed by atoms with Crippen LogP contribution in [0.25, 0.3) is 0 Å². The molecule has 1 fully saturated rings. The number of hydrogen-bond donors (Lipinski definition) is 1. The van der Waals surface area contributed by atoms with E-state index in [0.29, 0.717) is 17.0 Å². The van der Waals surface area contributed by atoms with E-state index in [1.54, 1.807) is 12.1 Å². The molecule has 7 heteroatoms.